The molecule has 150 valence electrons. The number of rotatable bonds is 6. The molecule has 0 bridgehead atoms. The second kappa shape index (κ2) is 8.93. The van der Waals surface area contributed by atoms with Crippen LogP contribution in [0.2, 0.25) is 0 Å². The Morgan fingerprint density at radius 2 is 2.17 bits per heavy atom. The molecule has 0 spiro atoms. The smallest absolute Gasteiger partial charge is 0.259 e. The largest absolute Gasteiger partial charge is 0.492 e. The van der Waals surface area contributed by atoms with Gasteiger partial charge in [-0.3, -0.25) is 4.79 Å². The number of ether oxygens (including phenoxy) is 1. The zero-order valence-corrected chi connectivity index (χ0v) is 18.2. The van der Waals surface area contributed by atoms with Gasteiger partial charge in [-0.1, -0.05) is 25.1 Å². The first kappa shape index (κ1) is 19.9. The zero-order chi connectivity index (χ0) is 20.2. The van der Waals surface area contributed by atoms with Crippen molar-refractivity contribution < 1.29 is 9.53 Å². The highest BCUT2D eigenvalue weighted by atomic mass is 32.1. The van der Waals surface area contributed by atoms with Gasteiger partial charge in [-0.2, -0.15) is 0 Å². The fourth-order valence-electron chi connectivity index (χ4n) is 3.58. The quantitative estimate of drug-likeness (QED) is 0.470. The van der Waals surface area contributed by atoms with Crippen molar-refractivity contribution in [3.63, 3.8) is 0 Å². The predicted octanol–water partition coefficient (Wildman–Crippen LogP) is 6.34. The number of hydrogen-bond acceptors (Lipinski definition) is 5. The second-order valence-electron chi connectivity index (χ2n) is 7.19. The molecule has 4 rings (SSSR count). The van der Waals surface area contributed by atoms with E-state index in [9.17, 15) is 4.79 Å². The number of aliphatic imine (C=N–C) groups is 1. The minimum absolute atomic E-state index is 0.109. The molecule has 1 unspecified atom stereocenters. The Bertz CT molecular complexity index is 1020. The van der Waals surface area contributed by atoms with E-state index < -0.39 is 0 Å². The fraction of sp³-hybridized carbons (Fsp3) is 0.304. The molecule has 1 aliphatic rings. The van der Waals surface area contributed by atoms with E-state index in [-0.39, 0.29) is 5.91 Å². The van der Waals surface area contributed by atoms with Crippen molar-refractivity contribution in [3.8, 4) is 5.75 Å². The molecule has 1 aliphatic carbocycles. The van der Waals surface area contributed by atoms with Gasteiger partial charge in [-0.25, -0.2) is 4.99 Å². The summed E-state index contributed by atoms with van der Waals surface area (Å²) >= 11 is 3.30. The molecule has 29 heavy (non-hydrogen) atoms. The molecule has 6 heteroatoms. The molecule has 1 aromatic carbocycles. The molecule has 1 amide bonds. The highest BCUT2D eigenvalue weighted by molar-refractivity contribution is 7.16. The molecule has 2 aromatic heterocycles. The molecular formula is C23H24N2O2S2. The van der Waals surface area contributed by atoms with Crippen molar-refractivity contribution in [1.82, 2.24) is 0 Å². The summed E-state index contributed by atoms with van der Waals surface area (Å²) in [5.41, 5.74) is 2.57. The van der Waals surface area contributed by atoms with Crippen molar-refractivity contribution in [2.24, 2.45) is 10.9 Å². The predicted molar refractivity (Wildman–Crippen MR) is 123 cm³/mol. The number of hydrogen-bond donors (Lipinski definition) is 1. The average molecular weight is 425 g/mol. The number of carbonyl (C=O) groups excluding carboxylic acids is 1. The number of carbonyl (C=O) groups is 1. The summed E-state index contributed by atoms with van der Waals surface area (Å²) < 4.78 is 5.67. The minimum atomic E-state index is -0.109. The van der Waals surface area contributed by atoms with Crippen LogP contribution in [-0.4, -0.2) is 18.7 Å². The van der Waals surface area contributed by atoms with Crippen molar-refractivity contribution in [1.29, 1.82) is 0 Å². The van der Waals surface area contributed by atoms with E-state index >= 15 is 0 Å². The maximum atomic E-state index is 13.3. The van der Waals surface area contributed by atoms with Crippen molar-refractivity contribution in [3.05, 3.63) is 62.7 Å². The van der Waals surface area contributed by atoms with Gasteiger partial charge in [0.15, 0.2) is 0 Å². The van der Waals surface area contributed by atoms with Crippen molar-refractivity contribution in [2.75, 3.05) is 11.9 Å². The van der Waals surface area contributed by atoms with E-state index in [1.165, 1.54) is 4.88 Å². The minimum Gasteiger partial charge on any atom is -0.492 e. The normalized spacial score (nSPS) is 16.0. The monoisotopic (exact) mass is 424 g/mol. The summed E-state index contributed by atoms with van der Waals surface area (Å²) in [7, 11) is 0. The Labute approximate surface area is 179 Å². The van der Waals surface area contributed by atoms with E-state index in [1.807, 2.05) is 54.9 Å². The number of anilines is 1. The van der Waals surface area contributed by atoms with E-state index in [2.05, 4.69) is 12.2 Å². The van der Waals surface area contributed by atoms with Crippen LogP contribution in [-0.2, 0) is 12.8 Å². The molecule has 0 saturated carbocycles. The van der Waals surface area contributed by atoms with Gasteiger partial charge < -0.3 is 10.1 Å². The van der Waals surface area contributed by atoms with Gasteiger partial charge in [0.1, 0.15) is 10.8 Å². The second-order valence-corrected chi connectivity index (χ2v) is 9.25. The van der Waals surface area contributed by atoms with Gasteiger partial charge in [0.25, 0.3) is 5.91 Å². The van der Waals surface area contributed by atoms with E-state index in [1.54, 1.807) is 22.7 Å². The lowest BCUT2D eigenvalue weighted by Crippen LogP contribution is -2.17. The topological polar surface area (TPSA) is 50.7 Å². The third-order valence-electron chi connectivity index (χ3n) is 5.01. The van der Waals surface area contributed by atoms with Gasteiger partial charge in [0.05, 0.1) is 17.9 Å². The molecule has 0 fully saturated rings. The fourth-order valence-corrected chi connectivity index (χ4v) is 5.52. The lowest BCUT2D eigenvalue weighted by Gasteiger charge is -2.19. The van der Waals surface area contributed by atoms with Crippen LogP contribution in [0.1, 0.15) is 45.9 Å². The number of benzene rings is 1. The standard InChI is InChI=1S/C23H24N2O2S2/c1-3-27-19-9-5-4-8-18(19)25-22(26)21-17-11-10-15(2)13-20(17)29-23(21)24-14-16-7-6-12-28-16/h4-9,12,14-15H,3,10-11,13H2,1-2H3,(H,25,26). The first-order valence-electron chi connectivity index (χ1n) is 9.91. The summed E-state index contributed by atoms with van der Waals surface area (Å²) in [6.07, 6.45) is 4.91. The van der Waals surface area contributed by atoms with Gasteiger partial charge >= 0.3 is 0 Å². The molecule has 1 atom stereocenters. The van der Waals surface area contributed by atoms with Crippen LogP contribution < -0.4 is 10.1 Å². The third kappa shape index (κ3) is 4.43. The summed E-state index contributed by atoms with van der Waals surface area (Å²) in [5.74, 6) is 1.22. The van der Waals surface area contributed by atoms with E-state index in [0.29, 0.717) is 24.0 Å². The van der Waals surface area contributed by atoms with Crippen LogP contribution in [0.5, 0.6) is 5.75 Å². The van der Waals surface area contributed by atoms with Crippen molar-refractivity contribution in [2.45, 2.75) is 33.1 Å². The van der Waals surface area contributed by atoms with Crippen LogP contribution in [0.25, 0.3) is 0 Å². The number of nitrogens with zero attached hydrogens (tertiary/aromatic N) is 1. The highest BCUT2D eigenvalue weighted by Crippen LogP contribution is 2.42. The average Bonchev–Trinajstić information content (AvgIpc) is 3.35. The molecule has 0 saturated heterocycles. The van der Waals surface area contributed by atoms with E-state index in [4.69, 9.17) is 9.73 Å². The van der Waals surface area contributed by atoms with Crippen LogP contribution in [0.3, 0.4) is 0 Å². The Kier molecular flexibility index (Phi) is 6.11. The number of thiophene rings is 2. The molecule has 0 radical (unpaired) electrons. The van der Waals surface area contributed by atoms with Gasteiger partial charge in [-0.15, -0.1) is 22.7 Å². The van der Waals surface area contributed by atoms with Crippen molar-refractivity contribution >= 4 is 45.5 Å². The Morgan fingerprint density at radius 1 is 1.31 bits per heavy atom. The van der Waals surface area contributed by atoms with Gasteiger partial charge in [-0.05, 0) is 61.2 Å². The number of nitrogens with one attached hydrogen (secondary N) is 1. The summed E-state index contributed by atoms with van der Waals surface area (Å²) in [6.45, 7) is 4.76. The Balaban J connectivity index is 1.69. The molecule has 1 N–H and O–H groups in total. The number of fused-ring (bicyclic) bond motifs is 1. The SMILES string of the molecule is CCOc1ccccc1NC(=O)c1c(N=Cc2cccs2)sc2c1CCC(C)C2. The van der Waals surface area contributed by atoms with Crippen LogP contribution in [0.15, 0.2) is 46.8 Å². The molecule has 4 nitrogen and oxygen atoms in total. The molecule has 0 aliphatic heterocycles. The van der Waals surface area contributed by atoms with Gasteiger partial charge in [0, 0.05) is 16.0 Å². The molecular weight excluding hydrogens is 400 g/mol. The summed E-state index contributed by atoms with van der Waals surface area (Å²) in [4.78, 5) is 20.4. The molecule has 3 aromatic rings. The van der Waals surface area contributed by atoms with Crippen LogP contribution >= 0.6 is 22.7 Å². The maximum absolute atomic E-state index is 13.3. The Hall–Kier alpha value is -2.44. The number of para-hydroxylation sites is 2. The third-order valence-corrected chi connectivity index (χ3v) is 6.98. The maximum Gasteiger partial charge on any atom is 0.259 e. The first-order valence-corrected chi connectivity index (χ1v) is 11.6. The van der Waals surface area contributed by atoms with Crippen LogP contribution in [0.4, 0.5) is 10.7 Å². The molecule has 2 heterocycles. The first-order chi connectivity index (χ1) is 14.2. The zero-order valence-electron chi connectivity index (χ0n) is 16.6. The Morgan fingerprint density at radius 3 is 2.97 bits per heavy atom. The lowest BCUT2D eigenvalue weighted by atomic mass is 9.88. The number of amides is 1. The van der Waals surface area contributed by atoms with Crippen LogP contribution in [0, 0.1) is 5.92 Å². The van der Waals surface area contributed by atoms with E-state index in [0.717, 1.165) is 40.3 Å². The van der Waals surface area contributed by atoms with Gasteiger partial charge in [0.2, 0.25) is 0 Å². The highest BCUT2D eigenvalue weighted by Gasteiger charge is 2.27. The lowest BCUT2D eigenvalue weighted by molar-refractivity contribution is 0.102. The summed E-state index contributed by atoms with van der Waals surface area (Å²) in [5, 5.41) is 5.89. The summed E-state index contributed by atoms with van der Waals surface area (Å²) in [6, 6.07) is 11.6.